The zero-order valence-corrected chi connectivity index (χ0v) is 18.0. The molecule has 1 aliphatic rings. The van der Waals surface area contributed by atoms with Crippen molar-refractivity contribution in [3.05, 3.63) is 95.6 Å². The van der Waals surface area contributed by atoms with Gasteiger partial charge < -0.3 is 20.5 Å². The number of rotatable bonds is 5. The number of nitrogens with one attached hydrogen (secondary N) is 2. The van der Waals surface area contributed by atoms with Crippen molar-refractivity contribution in [3.63, 3.8) is 0 Å². The van der Waals surface area contributed by atoms with Crippen molar-refractivity contribution in [2.24, 2.45) is 5.92 Å². The highest BCUT2D eigenvalue weighted by Gasteiger charge is 2.66. The summed E-state index contributed by atoms with van der Waals surface area (Å²) in [7, 11) is 0. The van der Waals surface area contributed by atoms with Gasteiger partial charge in [-0.15, -0.1) is 0 Å². The average molecular weight is 470 g/mol. The molecular weight excluding hydrogens is 449 g/mol. The monoisotopic (exact) mass is 470 g/mol. The number of halogens is 3. The Balaban J connectivity index is 1.78. The molecule has 0 saturated carbocycles. The van der Waals surface area contributed by atoms with Crippen LogP contribution in [-0.4, -0.2) is 28.8 Å². The molecule has 0 unspecified atom stereocenters. The van der Waals surface area contributed by atoms with E-state index in [9.17, 15) is 27.9 Å². The molecule has 0 bridgehead atoms. The molecule has 3 atom stereocenters. The van der Waals surface area contributed by atoms with Gasteiger partial charge in [-0.1, -0.05) is 60.2 Å². The summed E-state index contributed by atoms with van der Waals surface area (Å²) in [6.07, 6.45) is -5.33. The lowest BCUT2D eigenvalue weighted by molar-refractivity contribution is -0.287. The lowest BCUT2D eigenvalue weighted by Gasteiger charge is -2.45. The van der Waals surface area contributed by atoms with Crippen molar-refractivity contribution < 1.29 is 32.6 Å². The van der Waals surface area contributed by atoms with E-state index in [2.05, 4.69) is 5.32 Å². The first-order valence-electron chi connectivity index (χ1n) is 10.4. The highest BCUT2D eigenvalue weighted by molar-refractivity contribution is 6.00. The number of hydrogen-bond donors (Lipinski definition) is 3. The number of aliphatic hydroxyl groups is 1. The Bertz CT molecular complexity index is 1200. The van der Waals surface area contributed by atoms with E-state index >= 15 is 0 Å². The fraction of sp³-hybridized carbons (Fsp3) is 0.200. The molecule has 9 heteroatoms. The summed E-state index contributed by atoms with van der Waals surface area (Å²) in [5, 5.41) is 14.6. The second-order valence-corrected chi connectivity index (χ2v) is 8.04. The summed E-state index contributed by atoms with van der Waals surface area (Å²) in [5.41, 5.74) is -2.85. The minimum atomic E-state index is -5.33. The third-order valence-corrected chi connectivity index (χ3v) is 5.62. The molecule has 2 amide bonds. The molecule has 3 aromatic carbocycles. The molecule has 6 nitrogen and oxygen atoms in total. The van der Waals surface area contributed by atoms with Crippen LogP contribution >= 0.6 is 0 Å². The SMILES string of the molecule is Cc1ccc(C(=O)[C@H]2[C@@H](c3cccc(Oc4ccccc4)c3)NC(=O)N[C@]2(O)C(F)(F)F)cc1. The van der Waals surface area contributed by atoms with E-state index in [4.69, 9.17) is 4.74 Å². The number of alkyl halides is 3. The first-order valence-corrected chi connectivity index (χ1v) is 10.4. The predicted molar refractivity (Wildman–Crippen MR) is 117 cm³/mol. The van der Waals surface area contributed by atoms with Crippen molar-refractivity contribution in [3.8, 4) is 11.5 Å². The van der Waals surface area contributed by atoms with Crippen LogP contribution in [0.15, 0.2) is 78.9 Å². The normalized spacial score (nSPS) is 22.4. The molecule has 0 radical (unpaired) electrons. The second kappa shape index (κ2) is 8.83. The van der Waals surface area contributed by atoms with Gasteiger partial charge in [0.2, 0.25) is 5.72 Å². The van der Waals surface area contributed by atoms with Crippen molar-refractivity contribution in [1.82, 2.24) is 10.6 Å². The fourth-order valence-corrected chi connectivity index (χ4v) is 3.91. The quantitative estimate of drug-likeness (QED) is 0.464. The first kappa shape index (κ1) is 23.3. The molecule has 34 heavy (non-hydrogen) atoms. The first-order chi connectivity index (χ1) is 16.1. The lowest BCUT2D eigenvalue weighted by Crippen LogP contribution is -2.72. The van der Waals surface area contributed by atoms with E-state index in [1.807, 2.05) is 0 Å². The number of hydrogen-bond acceptors (Lipinski definition) is 4. The molecule has 3 aromatic rings. The summed E-state index contributed by atoms with van der Waals surface area (Å²) in [6.45, 7) is 1.77. The van der Waals surface area contributed by atoms with Crippen molar-refractivity contribution in [2.45, 2.75) is 24.9 Å². The molecule has 4 rings (SSSR count). The van der Waals surface area contributed by atoms with E-state index in [1.165, 1.54) is 35.6 Å². The van der Waals surface area contributed by atoms with Gasteiger partial charge in [0.25, 0.3) is 0 Å². The van der Waals surface area contributed by atoms with E-state index in [0.29, 0.717) is 5.75 Å². The molecule has 1 fully saturated rings. The zero-order valence-electron chi connectivity index (χ0n) is 18.0. The van der Waals surface area contributed by atoms with Crippen LogP contribution in [0.3, 0.4) is 0 Å². The van der Waals surface area contributed by atoms with Crippen LogP contribution in [0.25, 0.3) is 0 Å². The highest BCUT2D eigenvalue weighted by atomic mass is 19.4. The standard InChI is InChI=1S/C25H21F3N2O4/c1-15-10-12-16(13-11-15)22(31)20-21(29-23(32)30-24(20,33)25(26,27)28)17-6-5-9-19(14-17)34-18-7-3-2-4-8-18/h2-14,20-21,33H,1H3,(H2,29,30,32)/t20-,21-,24-/m1/s1. The van der Waals surface area contributed by atoms with Gasteiger partial charge in [-0.3, -0.25) is 4.79 Å². The second-order valence-electron chi connectivity index (χ2n) is 8.04. The minimum absolute atomic E-state index is 0.0297. The Labute approximate surface area is 193 Å². The molecular formula is C25H21F3N2O4. The van der Waals surface area contributed by atoms with Crippen LogP contribution in [0.4, 0.5) is 18.0 Å². The van der Waals surface area contributed by atoms with Crippen molar-refractivity contribution >= 4 is 11.8 Å². The van der Waals surface area contributed by atoms with Gasteiger partial charge in [0.05, 0.1) is 6.04 Å². The van der Waals surface area contributed by atoms with E-state index in [0.717, 1.165) is 5.56 Å². The molecule has 0 aromatic heterocycles. The van der Waals surface area contributed by atoms with Crippen molar-refractivity contribution in [2.75, 3.05) is 0 Å². The number of carbonyl (C=O) groups excluding carboxylic acids is 2. The number of urea groups is 1. The molecule has 0 spiro atoms. The zero-order chi connectivity index (χ0) is 24.5. The number of ether oxygens (including phenoxy) is 1. The molecule has 1 saturated heterocycles. The van der Waals surface area contributed by atoms with Crippen molar-refractivity contribution in [1.29, 1.82) is 0 Å². The Morgan fingerprint density at radius 1 is 0.971 bits per heavy atom. The van der Waals surface area contributed by atoms with Crippen LogP contribution in [-0.2, 0) is 0 Å². The molecule has 0 aliphatic carbocycles. The Hall–Kier alpha value is -3.85. The summed E-state index contributed by atoms with van der Waals surface area (Å²) in [4.78, 5) is 25.6. The third kappa shape index (κ3) is 4.47. The van der Waals surface area contributed by atoms with E-state index in [1.54, 1.807) is 55.5 Å². The van der Waals surface area contributed by atoms with Crippen LogP contribution in [0.2, 0.25) is 0 Å². The number of amides is 2. The highest BCUT2D eigenvalue weighted by Crippen LogP contribution is 2.44. The number of aryl methyl sites for hydroxylation is 1. The summed E-state index contributed by atoms with van der Waals surface area (Å²) >= 11 is 0. The maximum Gasteiger partial charge on any atom is 0.437 e. The van der Waals surface area contributed by atoms with Crippen LogP contribution < -0.4 is 15.4 Å². The van der Waals surface area contributed by atoms with Gasteiger partial charge in [-0.05, 0) is 36.8 Å². The fourth-order valence-electron chi connectivity index (χ4n) is 3.91. The number of Topliss-reactive ketones (excluding diaryl/α,β-unsaturated/α-hetero) is 1. The maximum absolute atomic E-state index is 14.1. The maximum atomic E-state index is 14.1. The van der Waals surface area contributed by atoms with Gasteiger partial charge in [-0.25, -0.2) is 4.79 Å². The summed E-state index contributed by atoms with van der Waals surface area (Å²) < 4.78 is 48.0. The smallest absolute Gasteiger partial charge is 0.437 e. The van der Waals surface area contributed by atoms with Crippen LogP contribution in [0.1, 0.15) is 27.5 Å². The number of carbonyl (C=O) groups is 2. The third-order valence-electron chi connectivity index (χ3n) is 5.62. The summed E-state index contributed by atoms with van der Waals surface area (Å²) in [5.74, 6) is -2.31. The van der Waals surface area contributed by atoms with Gasteiger partial charge >= 0.3 is 12.2 Å². The summed E-state index contributed by atoms with van der Waals surface area (Å²) in [6, 6.07) is 17.9. The van der Waals surface area contributed by atoms with Crippen LogP contribution in [0.5, 0.6) is 11.5 Å². The van der Waals surface area contributed by atoms with E-state index in [-0.39, 0.29) is 16.9 Å². The van der Waals surface area contributed by atoms with Gasteiger partial charge in [0.15, 0.2) is 5.78 Å². The Kier molecular flexibility index (Phi) is 6.05. The van der Waals surface area contributed by atoms with E-state index < -0.39 is 35.7 Å². The Morgan fingerprint density at radius 3 is 2.26 bits per heavy atom. The van der Waals surface area contributed by atoms with Gasteiger partial charge in [0, 0.05) is 5.56 Å². The topological polar surface area (TPSA) is 87.7 Å². The van der Waals surface area contributed by atoms with Gasteiger partial charge in [0.1, 0.15) is 17.4 Å². The average Bonchev–Trinajstić information content (AvgIpc) is 2.79. The number of ketones is 1. The largest absolute Gasteiger partial charge is 0.457 e. The predicted octanol–water partition coefficient (Wildman–Crippen LogP) is 4.89. The molecule has 176 valence electrons. The number of para-hydroxylation sites is 1. The molecule has 1 aliphatic heterocycles. The minimum Gasteiger partial charge on any atom is -0.457 e. The van der Waals surface area contributed by atoms with Crippen LogP contribution in [0, 0.1) is 12.8 Å². The lowest BCUT2D eigenvalue weighted by atomic mass is 9.77. The van der Waals surface area contributed by atoms with Gasteiger partial charge in [-0.2, -0.15) is 13.2 Å². The number of benzene rings is 3. The molecule has 3 N–H and O–H groups in total. The Morgan fingerprint density at radius 2 is 1.62 bits per heavy atom. The molecule has 1 heterocycles.